The second-order valence-corrected chi connectivity index (χ2v) is 4.22. The highest BCUT2D eigenvalue weighted by Gasteiger charge is 2.27. The van der Waals surface area contributed by atoms with E-state index in [2.05, 4.69) is 6.07 Å². The number of carbonyl (C=O) groups is 1. The topological polar surface area (TPSA) is 17.1 Å². The Morgan fingerprint density at radius 1 is 0.812 bits per heavy atom. The van der Waals surface area contributed by atoms with Crippen molar-refractivity contribution >= 4 is 5.78 Å². The van der Waals surface area contributed by atoms with Gasteiger partial charge in [-0.05, 0) is 16.7 Å². The summed E-state index contributed by atoms with van der Waals surface area (Å²) < 4.78 is 0. The van der Waals surface area contributed by atoms with Crippen LogP contribution in [0.1, 0.15) is 28.8 Å². The zero-order valence-electron chi connectivity index (χ0n) is 9.10. The number of ketones is 1. The van der Waals surface area contributed by atoms with E-state index < -0.39 is 0 Å². The normalized spacial score (nSPS) is 17.8. The summed E-state index contributed by atoms with van der Waals surface area (Å²) in [6, 6.07) is 16.0. The minimum atomic E-state index is -0.0221. The van der Waals surface area contributed by atoms with E-state index in [0.717, 1.165) is 16.7 Å². The van der Waals surface area contributed by atoms with Crippen LogP contribution >= 0.6 is 0 Å². The van der Waals surface area contributed by atoms with E-state index in [0.29, 0.717) is 0 Å². The molecule has 2 aromatic carbocycles. The Morgan fingerprint density at radius 2 is 1.38 bits per heavy atom. The van der Waals surface area contributed by atoms with Gasteiger partial charge in [-0.3, -0.25) is 4.79 Å². The molecule has 1 heteroatoms. The van der Waals surface area contributed by atoms with E-state index >= 15 is 0 Å². The molecule has 0 amide bonds. The molecule has 0 saturated heterocycles. The highest BCUT2D eigenvalue weighted by molar-refractivity contribution is 6.09. The van der Waals surface area contributed by atoms with Gasteiger partial charge in [-0.1, -0.05) is 55.5 Å². The molecule has 0 N–H and O–H groups in total. The maximum Gasteiger partial charge on any atom is 0.170 e. The molecule has 3 rings (SSSR count). The summed E-state index contributed by atoms with van der Waals surface area (Å²) in [5.41, 5.74) is 4.27. The van der Waals surface area contributed by atoms with Crippen LogP contribution < -0.4 is 0 Å². The predicted molar refractivity (Wildman–Crippen MR) is 64.6 cm³/mol. The molecule has 0 aromatic heterocycles. The monoisotopic (exact) mass is 208 g/mol. The summed E-state index contributed by atoms with van der Waals surface area (Å²) >= 11 is 0. The summed E-state index contributed by atoms with van der Waals surface area (Å²) in [6.07, 6.45) is 0. The number of benzene rings is 2. The van der Waals surface area contributed by atoms with Gasteiger partial charge in [-0.25, -0.2) is 0 Å². The average Bonchev–Trinajstić information content (AvgIpc) is 2.36. The van der Waals surface area contributed by atoms with Gasteiger partial charge < -0.3 is 0 Å². The molecular formula is C15H12O. The lowest BCUT2D eigenvalue weighted by atomic mass is 9.79. The van der Waals surface area contributed by atoms with Gasteiger partial charge in [0.25, 0.3) is 0 Å². The maximum absolute atomic E-state index is 12.2. The van der Waals surface area contributed by atoms with Gasteiger partial charge in [-0.2, -0.15) is 0 Å². The van der Waals surface area contributed by atoms with Crippen molar-refractivity contribution in [2.24, 2.45) is 0 Å². The molecule has 0 radical (unpaired) electrons. The minimum Gasteiger partial charge on any atom is -0.293 e. The Balaban J connectivity index is 2.37. The van der Waals surface area contributed by atoms with Crippen molar-refractivity contribution in [3.05, 3.63) is 59.7 Å². The molecule has 0 bridgehead atoms. The number of hydrogen-bond acceptors (Lipinski definition) is 1. The average molecular weight is 208 g/mol. The number of Topliss-reactive ketones (excluding diaryl/α,β-unsaturated/α-hetero) is 1. The van der Waals surface area contributed by atoms with Crippen molar-refractivity contribution in [2.75, 3.05) is 0 Å². The highest BCUT2D eigenvalue weighted by atomic mass is 16.1. The predicted octanol–water partition coefficient (Wildman–Crippen LogP) is 3.65. The molecule has 0 heterocycles. The first kappa shape index (κ1) is 9.34. The summed E-state index contributed by atoms with van der Waals surface area (Å²) in [4.78, 5) is 12.2. The Kier molecular flexibility index (Phi) is 1.93. The molecule has 1 nitrogen and oxygen atoms in total. The van der Waals surface area contributed by atoms with Gasteiger partial charge in [0.05, 0.1) is 0 Å². The molecule has 16 heavy (non-hydrogen) atoms. The second-order valence-electron chi connectivity index (χ2n) is 4.22. The maximum atomic E-state index is 12.2. The smallest absolute Gasteiger partial charge is 0.170 e. The Bertz CT molecular complexity index is 569. The van der Waals surface area contributed by atoms with Crippen molar-refractivity contribution < 1.29 is 4.79 Å². The zero-order valence-corrected chi connectivity index (χ0v) is 9.10. The van der Waals surface area contributed by atoms with Crippen molar-refractivity contribution in [3.63, 3.8) is 0 Å². The molecule has 1 unspecified atom stereocenters. The molecule has 1 aliphatic rings. The molecular weight excluding hydrogens is 196 g/mol. The first-order chi connectivity index (χ1) is 7.79. The minimum absolute atomic E-state index is 0.0221. The quantitative estimate of drug-likeness (QED) is 0.645. The molecule has 2 aromatic rings. The van der Waals surface area contributed by atoms with Crippen LogP contribution in [0, 0.1) is 0 Å². The number of rotatable bonds is 0. The van der Waals surface area contributed by atoms with Crippen molar-refractivity contribution in [3.8, 4) is 11.1 Å². The Labute approximate surface area is 94.7 Å². The molecule has 1 aliphatic carbocycles. The number of hydrogen-bond donors (Lipinski definition) is 0. The number of fused-ring (bicyclic) bond motifs is 3. The van der Waals surface area contributed by atoms with Gasteiger partial charge >= 0.3 is 0 Å². The zero-order chi connectivity index (χ0) is 11.1. The van der Waals surface area contributed by atoms with Gasteiger partial charge in [0, 0.05) is 11.5 Å². The standard InChI is InChI=1S/C15H12O/c1-10-11-6-2-3-7-12(11)13-8-4-5-9-14(13)15(10)16/h2-10H,1H3. The third-order valence-electron chi connectivity index (χ3n) is 3.30. The summed E-state index contributed by atoms with van der Waals surface area (Å²) in [7, 11) is 0. The van der Waals surface area contributed by atoms with E-state index in [1.165, 1.54) is 5.56 Å². The fourth-order valence-electron chi connectivity index (χ4n) is 2.43. The molecule has 0 saturated carbocycles. The van der Waals surface area contributed by atoms with Gasteiger partial charge in [0.1, 0.15) is 0 Å². The van der Waals surface area contributed by atoms with Crippen LogP contribution in [-0.2, 0) is 0 Å². The van der Waals surface area contributed by atoms with E-state index in [1.807, 2.05) is 49.4 Å². The third-order valence-corrected chi connectivity index (χ3v) is 3.30. The lowest BCUT2D eigenvalue weighted by Gasteiger charge is -2.23. The lowest BCUT2D eigenvalue weighted by Crippen LogP contribution is -2.16. The van der Waals surface area contributed by atoms with Crippen molar-refractivity contribution in [2.45, 2.75) is 12.8 Å². The summed E-state index contributed by atoms with van der Waals surface area (Å²) in [5.74, 6) is 0.209. The largest absolute Gasteiger partial charge is 0.293 e. The first-order valence-corrected chi connectivity index (χ1v) is 5.51. The Morgan fingerprint density at radius 3 is 2.12 bits per heavy atom. The molecule has 0 spiro atoms. The summed E-state index contributed by atoms with van der Waals surface area (Å²) in [5, 5.41) is 0. The van der Waals surface area contributed by atoms with E-state index in [4.69, 9.17) is 0 Å². The van der Waals surface area contributed by atoms with Crippen molar-refractivity contribution in [1.82, 2.24) is 0 Å². The van der Waals surface area contributed by atoms with E-state index in [1.54, 1.807) is 0 Å². The molecule has 0 aliphatic heterocycles. The van der Waals surface area contributed by atoms with E-state index in [-0.39, 0.29) is 11.7 Å². The van der Waals surface area contributed by atoms with Crippen LogP contribution in [-0.4, -0.2) is 5.78 Å². The van der Waals surface area contributed by atoms with Gasteiger partial charge in [0.15, 0.2) is 5.78 Å². The Hall–Kier alpha value is -1.89. The van der Waals surface area contributed by atoms with Crippen LogP contribution in [0.4, 0.5) is 0 Å². The molecule has 78 valence electrons. The highest BCUT2D eigenvalue weighted by Crippen LogP contribution is 2.38. The molecule has 0 fully saturated rings. The van der Waals surface area contributed by atoms with Gasteiger partial charge in [-0.15, -0.1) is 0 Å². The fourth-order valence-corrected chi connectivity index (χ4v) is 2.43. The SMILES string of the molecule is CC1C(=O)c2ccccc2-c2ccccc21. The van der Waals surface area contributed by atoms with Crippen LogP contribution in [0.2, 0.25) is 0 Å². The second kappa shape index (κ2) is 3.31. The van der Waals surface area contributed by atoms with Gasteiger partial charge in [0.2, 0.25) is 0 Å². The lowest BCUT2D eigenvalue weighted by molar-refractivity contribution is 0.0965. The summed E-state index contributed by atoms with van der Waals surface area (Å²) in [6.45, 7) is 1.98. The first-order valence-electron chi connectivity index (χ1n) is 5.51. The fraction of sp³-hybridized carbons (Fsp3) is 0.133. The van der Waals surface area contributed by atoms with Crippen LogP contribution in [0.3, 0.4) is 0 Å². The third kappa shape index (κ3) is 1.15. The molecule has 1 atom stereocenters. The van der Waals surface area contributed by atoms with Crippen LogP contribution in [0.5, 0.6) is 0 Å². The van der Waals surface area contributed by atoms with Crippen LogP contribution in [0.15, 0.2) is 48.5 Å². The van der Waals surface area contributed by atoms with Crippen molar-refractivity contribution in [1.29, 1.82) is 0 Å². The number of carbonyl (C=O) groups excluding carboxylic acids is 1. The van der Waals surface area contributed by atoms with E-state index in [9.17, 15) is 4.79 Å². The van der Waals surface area contributed by atoms with Crippen LogP contribution in [0.25, 0.3) is 11.1 Å².